The molecule has 0 aromatic heterocycles. The van der Waals surface area contributed by atoms with E-state index < -0.39 is 0 Å². The van der Waals surface area contributed by atoms with Crippen LogP contribution in [-0.4, -0.2) is 0 Å². The molecule has 18 heavy (non-hydrogen) atoms. The van der Waals surface area contributed by atoms with Gasteiger partial charge in [-0.25, -0.2) is 0 Å². The molecule has 2 aromatic carbocycles. The molecule has 1 aliphatic carbocycles. The lowest BCUT2D eigenvalue weighted by atomic mass is 9.86. The molecule has 0 spiro atoms. The summed E-state index contributed by atoms with van der Waals surface area (Å²) in [6, 6.07) is 15.7. The number of fused-ring (bicyclic) bond motifs is 1. The maximum atomic E-state index is 2.38. The molecule has 0 aliphatic heterocycles. The summed E-state index contributed by atoms with van der Waals surface area (Å²) >= 11 is 0. The van der Waals surface area contributed by atoms with Gasteiger partial charge in [0.2, 0.25) is 0 Å². The number of benzene rings is 2. The van der Waals surface area contributed by atoms with Crippen LogP contribution in [0.25, 0.3) is 5.57 Å². The van der Waals surface area contributed by atoms with Crippen LogP contribution in [0.2, 0.25) is 0 Å². The molecule has 0 saturated heterocycles. The van der Waals surface area contributed by atoms with E-state index in [-0.39, 0.29) is 0 Å². The summed E-state index contributed by atoms with van der Waals surface area (Å²) in [4.78, 5) is 0. The van der Waals surface area contributed by atoms with Crippen molar-refractivity contribution in [2.45, 2.75) is 26.7 Å². The third-order valence-electron chi connectivity index (χ3n) is 3.68. The van der Waals surface area contributed by atoms with Crippen molar-refractivity contribution in [1.82, 2.24) is 0 Å². The fraction of sp³-hybridized carbons (Fsp3) is 0.222. The molecule has 3 rings (SSSR count). The van der Waals surface area contributed by atoms with Crippen molar-refractivity contribution < 1.29 is 0 Å². The van der Waals surface area contributed by atoms with Gasteiger partial charge in [0.25, 0.3) is 0 Å². The van der Waals surface area contributed by atoms with Gasteiger partial charge in [-0.3, -0.25) is 0 Å². The summed E-state index contributed by atoms with van der Waals surface area (Å²) in [6.07, 6.45) is 4.70. The van der Waals surface area contributed by atoms with Crippen LogP contribution in [0.5, 0.6) is 0 Å². The zero-order chi connectivity index (χ0) is 12.5. The van der Waals surface area contributed by atoms with Gasteiger partial charge < -0.3 is 0 Å². The van der Waals surface area contributed by atoms with Gasteiger partial charge in [0, 0.05) is 0 Å². The second kappa shape index (κ2) is 4.45. The lowest BCUT2D eigenvalue weighted by molar-refractivity contribution is 0.974. The fourth-order valence-corrected chi connectivity index (χ4v) is 2.68. The zero-order valence-corrected chi connectivity index (χ0v) is 11.0. The smallest absolute Gasteiger partial charge is 0.0148 e. The molecule has 0 amide bonds. The van der Waals surface area contributed by atoms with Gasteiger partial charge >= 0.3 is 0 Å². The summed E-state index contributed by atoms with van der Waals surface area (Å²) in [5, 5.41) is 0. The van der Waals surface area contributed by atoms with E-state index in [1.807, 2.05) is 0 Å². The quantitative estimate of drug-likeness (QED) is 0.672. The highest BCUT2D eigenvalue weighted by Crippen LogP contribution is 2.32. The first-order chi connectivity index (χ1) is 8.74. The Labute approximate surface area is 109 Å². The molecule has 90 valence electrons. The Bertz CT molecular complexity index is 600. The minimum Gasteiger partial charge on any atom is -0.0757 e. The topological polar surface area (TPSA) is 0 Å². The Kier molecular flexibility index (Phi) is 2.79. The Hall–Kier alpha value is -1.82. The van der Waals surface area contributed by atoms with Crippen LogP contribution in [0.4, 0.5) is 0 Å². The Morgan fingerprint density at radius 2 is 1.56 bits per heavy atom. The molecule has 0 atom stereocenters. The van der Waals surface area contributed by atoms with E-state index in [2.05, 4.69) is 62.4 Å². The van der Waals surface area contributed by atoms with E-state index in [9.17, 15) is 0 Å². The average Bonchev–Trinajstić information content (AvgIpc) is 2.38. The van der Waals surface area contributed by atoms with Crippen molar-refractivity contribution in [2.24, 2.45) is 0 Å². The van der Waals surface area contributed by atoms with Crippen LogP contribution >= 0.6 is 0 Å². The molecule has 1 aliphatic rings. The molecule has 0 heterocycles. The van der Waals surface area contributed by atoms with E-state index in [1.54, 1.807) is 0 Å². The van der Waals surface area contributed by atoms with Gasteiger partial charge in [-0.2, -0.15) is 0 Å². The third-order valence-corrected chi connectivity index (χ3v) is 3.68. The molecule has 0 radical (unpaired) electrons. The lowest BCUT2D eigenvalue weighted by Gasteiger charge is -2.19. The standard InChI is InChI=1S/C18H18/c1-13-6-9-15(10-7-13)17-5-3-4-16-12-14(2)8-11-18(16)17/h5-12H,3-4H2,1-2H3. The summed E-state index contributed by atoms with van der Waals surface area (Å²) in [5.41, 5.74) is 8.32. The first-order valence-electron chi connectivity index (χ1n) is 6.61. The molecular formula is C18H18. The minimum absolute atomic E-state index is 1.15. The SMILES string of the molecule is Cc1ccc(C2=CCCc3cc(C)ccc32)cc1. The summed E-state index contributed by atoms with van der Waals surface area (Å²) in [5.74, 6) is 0. The molecule has 2 aromatic rings. The summed E-state index contributed by atoms with van der Waals surface area (Å²) < 4.78 is 0. The van der Waals surface area contributed by atoms with Crippen molar-refractivity contribution in [1.29, 1.82) is 0 Å². The molecule has 0 fully saturated rings. The second-order valence-corrected chi connectivity index (χ2v) is 5.18. The number of hydrogen-bond donors (Lipinski definition) is 0. The fourth-order valence-electron chi connectivity index (χ4n) is 2.68. The monoisotopic (exact) mass is 234 g/mol. The number of allylic oxidation sites excluding steroid dienone is 1. The van der Waals surface area contributed by atoms with Gasteiger partial charge in [-0.15, -0.1) is 0 Å². The first kappa shape index (κ1) is 11.3. The Morgan fingerprint density at radius 3 is 2.33 bits per heavy atom. The maximum Gasteiger partial charge on any atom is -0.0148 e. The van der Waals surface area contributed by atoms with Crippen LogP contribution < -0.4 is 0 Å². The largest absolute Gasteiger partial charge is 0.0757 e. The molecule has 0 nitrogen and oxygen atoms in total. The molecule has 0 heteroatoms. The van der Waals surface area contributed by atoms with Gasteiger partial charge in [0.05, 0.1) is 0 Å². The van der Waals surface area contributed by atoms with E-state index >= 15 is 0 Å². The van der Waals surface area contributed by atoms with Crippen molar-refractivity contribution in [3.05, 3.63) is 76.4 Å². The first-order valence-corrected chi connectivity index (χ1v) is 6.61. The van der Waals surface area contributed by atoms with Gasteiger partial charge in [0.15, 0.2) is 0 Å². The van der Waals surface area contributed by atoms with Gasteiger partial charge in [-0.1, -0.05) is 59.7 Å². The van der Waals surface area contributed by atoms with Crippen LogP contribution in [-0.2, 0) is 6.42 Å². The Morgan fingerprint density at radius 1 is 0.833 bits per heavy atom. The minimum atomic E-state index is 1.15. The molecular weight excluding hydrogens is 216 g/mol. The molecule has 0 unspecified atom stereocenters. The van der Waals surface area contributed by atoms with E-state index in [0.29, 0.717) is 0 Å². The summed E-state index contributed by atoms with van der Waals surface area (Å²) in [7, 11) is 0. The number of rotatable bonds is 1. The van der Waals surface area contributed by atoms with Crippen LogP contribution in [0, 0.1) is 13.8 Å². The van der Waals surface area contributed by atoms with E-state index in [0.717, 1.165) is 6.42 Å². The normalized spacial score (nSPS) is 14.0. The third kappa shape index (κ3) is 1.99. The second-order valence-electron chi connectivity index (χ2n) is 5.18. The highest BCUT2D eigenvalue weighted by Gasteiger charge is 2.13. The lowest BCUT2D eigenvalue weighted by Crippen LogP contribution is -2.01. The maximum absolute atomic E-state index is 2.38. The van der Waals surface area contributed by atoms with Crippen LogP contribution in [0.1, 0.15) is 34.2 Å². The summed E-state index contributed by atoms with van der Waals surface area (Å²) in [6.45, 7) is 4.31. The van der Waals surface area contributed by atoms with E-state index in [4.69, 9.17) is 0 Å². The van der Waals surface area contributed by atoms with Crippen LogP contribution in [0.3, 0.4) is 0 Å². The highest BCUT2D eigenvalue weighted by molar-refractivity contribution is 5.82. The van der Waals surface area contributed by atoms with Crippen molar-refractivity contribution in [2.75, 3.05) is 0 Å². The average molecular weight is 234 g/mol. The van der Waals surface area contributed by atoms with Gasteiger partial charge in [-0.05, 0) is 49.0 Å². The highest BCUT2D eigenvalue weighted by atomic mass is 14.2. The van der Waals surface area contributed by atoms with Crippen molar-refractivity contribution in [3.63, 3.8) is 0 Å². The predicted molar refractivity (Wildman–Crippen MR) is 77.8 cm³/mol. The molecule has 0 bridgehead atoms. The Balaban J connectivity index is 2.09. The van der Waals surface area contributed by atoms with Gasteiger partial charge in [0.1, 0.15) is 0 Å². The van der Waals surface area contributed by atoms with E-state index in [1.165, 1.54) is 39.8 Å². The zero-order valence-electron chi connectivity index (χ0n) is 11.0. The van der Waals surface area contributed by atoms with Crippen molar-refractivity contribution >= 4 is 5.57 Å². The number of aryl methyl sites for hydroxylation is 3. The molecule has 0 N–H and O–H groups in total. The molecule has 0 saturated carbocycles. The predicted octanol–water partition coefficient (Wildman–Crippen LogP) is 4.68. The van der Waals surface area contributed by atoms with Crippen LogP contribution in [0.15, 0.2) is 48.5 Å². The van der Waals surface area contributed by atoms with Crippen molar-refractivity contribution in [3.8, 4) is 0 Å². The number of hydrogen-bond acceptors (Lipinski definition) is 0.